The maximum absolute atomic E-state index is 11.9. The highest BCUT2D eigenvalue weighted by molar-refractivity contribution is 5.78. The molecule has 0 saturated carbocycles. The number of piperazine rings is 1. The normalized spacial score (nSPS) is 21.2. The molecule has 0 radical (unpaired) electrons. The minimum Gasteiger partial charge on any atom is -0.497 e. The van der Waals surface area contributed by atoms with Crippen LogP contribution in [0.15, 0.2) is 24.3 Å². The van der Waals surface area contributed by atoms with E-state index < -0.39 is 0 Å². The van der Waals surface area contributed by atoms with E-state index in [1.165, 1.54) is 5.56 Å². The molecule has 2 aliphatic heterocycles. The lowest BCUT2D eigenvalue weighted by molar-refractivity contribution is -0.122. The number of hydrogen-bond acceptors (Lipinski definition) is 6. The predicted octanol–water partition coefficient (Wildman–Crippen LogP) is 3.26. The highest BCUT2D eigenvalue weighted by Crippen LogP contribution is 2.21. The molecule has 7 heteroatoms. The van der Waals surface area contributed by atoms with Crippen molar-refractivity contribution in [1.82, 2.24) is 15.1 Å². The van der Waals surface area contributed by atoms with E-state index in [0.717, 1.165) is 57.9 Å². The van der Waals surface area contributed by atoms with E-state index in [4.69, 9.17) is 9.47 Å². The lowest BCUT2D eigenvalue weighted by Crippen LogP contribution is -2.48. The number of rotatable bonds is 11. The number of nitrogens with zero attached hydrogens (tertiary/aromatic N) is 2. The molecule has 33 heavy (non-hydrogen) atoms. The molecule has 1 aromatic carbocycles. The van der Waals surface area contributed by atoms with Crippen LogP contribution in [0.2, 0.25) is 0 Å². The molecule has 2 unspecified atom stereocenters. The van der Waals surface area contributed by atoms with Crippen LogP contribution >= 0.6 is 0 Å². The molecule has 186 valence electrons. The van der Waals surface area contributed by atoms with Gasteiger partial charge in [-0.3, -0.25) is 14.6 Å². The molecule has 0 aliphatic carbocycles. The summed E-state index contributed by atoms with van der Waals surface area (Å²) >= 11 is 0. The Morgan fingerprint density at radius 3 is 2.27 bits per heavy atom. The van der Waals surface area contributed by atoms with Gasteiger partial charge in [0.15, 0.2) is 0 Å². The molecular formula is C26H43N3O4. The molecule has 3 rings (SSSR count). The molecule has 0 aromatic heterocycles. The van der Waals surface area contributed by atoms with Gasteiger partial charge in [-0.1, -0.05) is 26.0 Å². The lowest BCUT2D eigenvalue weighted by atomic mass is 10.1. The average molecular weight is 462 g/mol. The zero-order valence-corrected chi connectivity index (χ0v) is 21.0. The van der Waals surface area contributed by atoms with Crippen LogP contribution in [0.5, 0.6) is 5.75 Å². The second-order valence-electron chi connectivity index (χ2n) is 8.74. The largest absolute Gasteiger partial charge is 0.497 e. The summed E-state index contributed by atoms with van der Waals surface area (Å²) in [7, 11) is 1.69. The van der Waals surface area contributed by atoms with E-state index in [1.807, 2.05) is 26.0 Å². The first-order valence-electron chi connectivity index (χ1n) is 12.5. The number of amides is 1. The van der Waals surface area contributed by atoms with E-state index in [2.05, 4.69) is 27.2 Å². The topological polar surface area (TPSA) is 71.1 Å². The van der Waals surface area contributed by atoms with Crippen LogP contribution in [0.3, 0.4) is 0 Å². The third-order valence-electron chi connectivity index (χ3n) is 6.15. The van der Waals surface area contributed by atoms with Crippen molar-refractivity contribution in [1.29, 1.82) is 0 Å². The van der Waals surface area contributed by atoms with Crippen molar-refractivity contribution in [3.05, 3.63) is 29.8 Å². The van der Waals surface area contributed by atoms with E-state index in [1.54, 1.807) is 14.0 Å². The Hall–Kier alpha value is -1.96. The fourth-order valence-corrected chi connectivity index (χ4v) is 4.29. The molecule has 1 aromatic rings. The third kappa shape index (κ3) is 10.2. The van der Waals surface area contributed by atoms with Crippen LogP contribution in [0.1, 0.15) is 58.4 Å². The van der Waals surface area contributed by atoms with Gasteiger partial charge in [0.2, 0.25) is 5.91 Å². The van der Waals surface area contributed by atoms with Crippen LogP contribution in [0.4, 0.5) is 0 Å². The number of methoxy groups -OCH3 is 1. The van der Waals surface area contributed by atoms with E-state index in [9.17, 15) is 9.59 Å². The van der Waals surface area contributed by atoms with Crippen molar-refractivity contribution < 1.29 is 19.1 Å². The summed E-state index contributed by atoms with van der Waals surface area (Å²) in [5.74, 6) is 1.05. The minimum atomic E-state index is 0.0151. The van der Waals surface area contributed by atoms with Crippen LogP contribution < -0.4 is 10.1 Å². The summed E-state index contributed by atoms with van der Waals surface area (Å²) in [6, 6.07) is 8.32. The summed E-state index contributed by atoms with van der Waals surface area (Å²) in [4.78, 5) is 27.8. The summed E-state index contributed by atoms with van der Waals surface area (Å²) in [5, 5.41) is 2.96. The van der Waals surface area contributed by atoms with Crippen LogP contribution in [0, 0.1) is 0 Å². The molecule has 2 saturated heterocycles. The Labute approximate surface area is 199 Å². The Bertz CT molecular complexity index is 702. The molecular weight excluding hydrogens is 418 g/mol. The Morgan fingerprint density at radius 1 is 1.00 bits per heavy atom. The van der Waals surface area contributed by atoms with E-state index in [0.29, 0.717) is 25.8 Å². The van der Waals surface area contributed by atoms with Crippen molar-refractivity contribution >= 4 is 11.7 Å². The number of ketones is 1. The van der Waals surface area contributed by atoms with Gasteiger partial charge in [0.05, 0.1) is 19.3 Å². The summed E-state index contributed by atoms with van der Waals surface area (Å²) < 4.78 is 11.4. The van der Waals surface area contributed by atoms with Gasteiger partial charge in [0.25, 0.3) is 0 Å². The first-order valence-corrected chi connectivity index (χ1v) is 12.5. The summed E-state index contributed by atoms with van der Waals surface area (Å²) in [6.45, 7) is 12.3. The SMILES string of the molecule is CC.COc1ccc(CN2CCN(CC3CCC(CNC(=O)CCCC(C)=O)O3)CC2)cc1. The summed E-state index contributed by atoms with van der Waals surface area (Å²) in [5.41, 5.74) is 1.32. The molecule has 2 heterocycles. The van der Waals surface area contributed by atoms with Crippen molar-refractivity contribution in [2.75, 3.05) is 46.4 Å². The van der Waals surface area contributed by atoms with Gasteiger partial charge in [-0.05, 0) is 43.9 Å². The molecule has 2 aliphatic rings. The summed E-state index contributed by atoms with van der Waals surface area (Å²) in [6.07, 6.45) is 3.93. The number of ether oxygens (including phenoxy) is 2. The van der Waals surface area contributed by atoms with Gasteiger partial charge in [-0.25, -0.2) is 0 Å². The van der Waals surface area contributed by atoms with Gasteiger partial charge >= 0.3 is 0 Å². The maximum atomic E-state index is 11.9. The van der Waals surface area contributed by atoms with Gasteiger partial charge in [0, 0.05) is 58.7 Å². The van der Waals surface area contributed by atoms with Gasteiger partial charge in [-0.2, -0.15) is 0 Å². The standard InChI is InChI=1S/C24H37N3O4.C2H6/c1-19(28)4-3-5-24(29)25-16-22-10-11-23(31-22)18-27-14-12-26(13-15-27)17-20-6-8-21(30-2)9-7-20;1-2/h6-9,22-23H,3-5,10-18H2,1-2H3,(H,25,29);1-2H3. The van der Waals surface area contributed by atoms with Gasteiger partial charge in [0.1, 0.15) is 11.5 Å². The predicted molar refractivity (Wildman–Crippen MR) is 131 cm³/mol. The van der Waals surface area contributed by atoms with E-state index >= 15 is 0 Å². The quantitative estimate of drug-likeness (QED) is 0.545. The second-order valence-corrected chi connectivity index (χ2v) is 8.74. The van der Waals surface area contributed by atoms with Crippen LogP contribution in [-0.2, 0) is 20.9 Å². The smallest absolute Gasteiger partial charge is 0.220 e. The minimum absolute atomic E-state index is 0.0151. The zero-order valence-electron chi connectivity index (χ0n) is 21.0. The highest BCUT2D eigenvalue weighted by Gasteiger charge is 2.28. The van der Waals surface area contributed by atoms with Crippen molar-refractivity contribution in [2.45, 2.75) is 71.6 Å². The average Bonchev–Trinajstić information content (AvgIpc) is 3.28. The monoisotopic (exact) mass is 461 g/mol. The number of carbonyl (C=O) groups is 2. The number of nitrogens with one attached hydrogen (secondary N) is 1. The molecule has 2 atom stereocenters. The molecule has 0 spiro atoms. The molecule has 0 bridgehead atoms. The van der Waals surface area contributed by atoms with E-state index in [-0.39, 0.29) is 23.9 Å². The Balaban J connectivity index is 0.00000187. The lowest BCUT2D eigenvalue weighted by Gasteiger charge is -2.35. The third-order valence-corrected chi connectivity index (χ3v) is 6.15. The Morgan fingerprint density at radius 2 is 1.64 bits per heavy atom. The number of Topliss-reactive ketones (excluding diaryl/α,β-unsaturated/α-hetero) is 1. The first-order chi connectivity index (χ1) is 16.0. The maximum Gasteiger partial charge on any atom is 0.220 e. The molecule has 1 amide bonds. The molecule has 7 nitrogen and oxygen atoms in total. The highest BCUT2D eigenvalue weighted by atomic mass is 16.5. The number of carbonyl (C=O) groups excluding carboxylic acids is 2. The van der Waals surface area contributed by atoms with Gasteiger partial charge in [-0.15, -0.1) is 0 Å². The van der Waals surface area contributed by atoms with Crippen LogP contribution in [-0.4, -0.2) is 80.1 Å². The fraction of sp³-hybridized carbons (Fsp3) is 0.692. The second kappa shape index (κ2) is 15.0. The van der Waals surface area contributed by atoms with Crippen molar-refractivity contribution in [2.24, 2.45) is 0 Å². The fourth-order valence-electron chi connectivity index (χ4n) is 4.29. The number of benzene rings is 1. The number of hydrogen-bond donors (Lipinski definition) is 1. The molecule has 1 N–H and O–H groups in total. The van der Waals surface area contributed by atoms with Crippen LogP contribution in [0.25, 0.3) is 0 Å². The first kappa shape index (κ1) is 27.3. The van der Waals surface area contributed by atoms with Crippen molar-refractivity contribution in [3.63, 3.8) is 0 Å². The van der Waals surface area contributed by atoms with Crippen molar-refractivity contribution in [3.8, 4) is 5.75 Å². The van der Waals surface area contributed by atoms with Gasteiger partial charge < -0.3 is 19.6 Å². The Kier molecular flexibility index (Phi) is 12.4. The molecule has 2 fully saturated rings. The zero-order chi connectivity index (χ0) is 24.1.